The zero-order chi connectivity index (χ0) is 14.4. The summed E-state index contributed by atoms with van der Waals surface area (Å²) in [6.07, 6.45) is 5.57. The van der Waals surface area contributed by atoms with Crippen molar-refractivity contribution in [2.75, 3.05) is 45.9 Å². The highest BCUT2D eigenvalue weighted by atomic mass is 16.5. The SMILES string of the molecule is CCN(CC1CCC1)CC1(CNCC(C)C)CCOC1. The Morgan fingerprint density at radius 2 is 2.15 bits per heavy atom. The van der Waals surface area contributed by atoms with Crippen molar-refractivity contribution in [3.63, 3.8) is 0 Å². The van der Waals surface area contributed by atoms with Crippen molar-refractivity contribution in [1.29, 1.82) is 0 Å². The number of rotatable bonds is 9. The van der Waals surface area contributed by atoms with Crippen molar-refractivity contribution in [2.45, 2.75) is 46.5 Å². The second kappa shape index (κ2) is 7.77. The van der Waals surface area contributed by atoms with Gasteiger partial charge in [0.2, 0.25) is 0 Å². The van der Waals surface area contributed by atoms with Gasteiger partial charge in [0.05, 0.1) is 6.61 Å². The molecule has 1 atom stereocenters. The summed E-state index contributed by atoms with van der Waals surface area (Å²) < 4.78 is 5.74. The predicted octanol–water partition coefficient (Wildman–Crippen LogP) is 2.76. The molecule has 0 radical (unpaired) electrons. The summed E-state index contributed by atoms with van der Waals surface area (Å²) >= 11 is 0. The molecule has 1 saturated carbocycles. The summed E-state index contributed by atoms with van der Waals surface area (Å²) in [5, 5.41) is 3.67. The van der Waals surface area contributed by atoms with E-state index in [2.05, 4.69) is 31.0 Å². The van der Waals surface area contributed by atoms with Gasteiger partial charge in [-0.2, -0.15) is 0 Å². The third-order valence-electron chi connectivity index (χ3n) is 4.98. The molecule has 2 aliphatic rings. The first-order chi connectivity index (χ1) is 9.63. The maximum atomic E-state index is 5.74. The van der Waals surface area contributed by atoms with Gasteiger partial charge < -0.3 is 15.0 Å². The van der Waals surface area contributed by atoms with Crippen LogP contribution in [0.1, 0.15) is 46.5 Å². The lowest BCUT2D eigenvalue weighted by Gasteiger charge is -2.38. The van der Waals surface area contributed by atoms with E-state index in [1.165, 1.54) is 45.3 Å². The smallest absolute Gasteiger partial charge is 0.0547 e. The highest BCUT2D eigenvalue weighted by molar-refractivity contribution is 4.89. The van der Waals surface area contributed by atoms with E-state index in [1.54, 1.807) is 0 Å². The largest absolute Gasteiger partial charge is 0.381 e. The van der Waals surface area contributed by atoms with Gasteiger partial charge in [-0.1, -0.05) is 27.2 Å². The molecule has 0 aromatic rings. The maximum Gasteiger partial charge on any atom is 0.0547 e. The van der Waals surface area contributed by atoms with Crippen LogP contribution >= 0.6 is 0 Å². The Labute approximate surface area is 125 Å². The number of nitrogens with zero attached hydrogens (tertiary/aromatic N) is 1. The Balaban J connectivity index is 1.82. The summed E-state index contributed by atoms with van der Waals surface area (Å²) in [5.41, 5.74) is 0.356. The van der Waals surface area contributed by atoms with Crippen LogP contribution in [0.2, 0.25) is 0 Å². The van der Waals surface area contributed by atoms with Gasteiger partial charge in [0.1, 0.15) is 0 Å². The number of hydrogen-bond donors (Lipinski definition) is 1. The molecule has 2 fully saturated rings. The number of ether oxygens (including phenoxy) is 1. The molecule has 1 saturated heterocycles. The van der Waals surface area contributed by atoms with Crippen molar-refractivity contribution in [3.05, 3.63) is 0 Å². The van der Waals surface area contributed by atoms with E-state index in [0.717, 1.165) is 38.1 Å². The van der Waals surface area contributed by atoms with Gasteiger partial charge >= 0.3 is 0 Å². The van der Waals surface area contributed by atoms with E-state index in [4.69, 9.17) is 4.74 Å². The van der Waals surface area contributed by atoms with Crippen LogP contribution in [0.4, 0.5) is 0 Å². The van der Waals surface area contributed by atoms with Gasteiger partial charge in [0.15, 0.2) is 0 Å². The van der Waals surface area contributed by atoms with Crippen LogP contribution in [-0.2, 0) is 4.74 Å². The highest BCUT2D eigenvalue weighted by Gasteiger charge is 2.36. The molecule has 1 aliphatic carbocycles. The van der Waals surface area contributed by atoms with Crippen LogP contribution in [0.15, 0.2) is 0 Å². The van der Waals surface area contributed by atoms with Crippen molar-refractivity contribution >= 4 is 0 Å². The normalized spacial score (nSPS) is 27.4. The Kier molecular flexibility index (Phi) is 6.31. The van der Waals surface area contributed by atoms with E-state index in [0.29, 0.717) is 5.41 Å². The second-order valence-corrected chi connectivity index (χ2v) is 7.45. The number of nitrogens with one attached hydrogen (secondary N) is 1. The first kappa shape index (κ1) is 16.3. The average molecular weight is 282 g/mol. The minimum Gasteiger partial charge on any atom is -0.381 e. The fraction of sp³-hybridized carbons (Fsp3) is 1.00. The minimum absolute atomic E-state index is 0.356. The monoisotopic (exact) mass is 282 g/mol. The first-order valence-electron chi connectivity index (χ1n) is 8.64. The van der Waals surface area contributed by atoms with E-state index in [1.807, 2.05) is 0 Å². The first-order valence-corrected chi connectivity index (χ1v) is 8.64. The lowest BCUT2D eigenvalue weighted by molar-refractivity contribution is 0.0912. The molecule has 1 N–H and O–H groups in total. The van der Waals surface area contributed by atoms with Crippen molar-refractivity contribution in [2.24, 2.45) is 17.3 Å². The standard InChI is InChI=1S/C17H34N2O/c1-4-19(11-16-6-5-7-16)13-17(8-9-20-14-17)12-18-10-15(2)3/h15-16,18H,4-14H2,1-3H3. The van der Waals surface area contributed by atoms with Crippen LogP contribution in [0.3, 0.4) is 0 Å². The molecule has 0 bridgehead atoms. The van der Waals surface area contributed by atoms with Crippen molar-refractivity contribution in [1.82, 2.24) is 10.2 Å². The third kappa shape index (κ3) is 4.71. The number of hydrogen-bond acceptors (Lipinski definition) is 3. The topological polar surface area (TPSA) is 24.5 Å². The molecule has 1 heterocycles. The molecule has 3 nitrogen and oxygen atoms in total. The molecule has 20 heavy (non-hydrogen) atoms. The molecular formula is C17H34N2O. The van der Waals surface area contributed by atoms with Gasteiger partial charge in [-0.05, 0) is 44.2 Å². The Morgan fingerprint density at radius 1 is 1.35 bits per heavy atom. The quantitative estimate of drug-likeness (QED) is 0.704. The fourth-order valence-electron chi connectivity index (χ4n) is 3.42. The molecule has 0 aromatic heterocycles. The van der Waals surface area contributed by atoms with Gasteiger partial charge in [-0.15, -0.1) is 0 Å². The van der Waals surface area contributed by atoms with Crippen LogP contribution < -0.4 is 5.32 Å². The van der Waals surface area contributed by atoms with Crippen LogP contribution in [-0.4, -0.2) is 50.8 Å². The molecule has 1 aliphatic heterocycles. The fourth-order valence-corrected chi connectivity index (χ4v) is 3.42. The van der Waals surface area contributed by atoms with Crippen molar-refractivity contribution in [3.8, 4) is 0 Å². The molecule has 118 valence electrons. The highest BCUT2D eigenvalue weighted by Crippen LogP contribution is 2.32. The van der Waals surface area contributed by atoms with Gasteiger partial charge in [0.25, 0.3) is 0 Å². The molecule has 0 spiro atoms. The van der Waals surface area contributed by atoms with Gasteiger partial charge in [0, 0.05) is 31.7 Å². The average Bonchev–Trinajstić information content (AvgIpc) is 2.80. The summed E-state index contributed by atoms with van der Waals surface area (Å²) in [5.74, 6) is 1.70. The zero-order valence-electron chi connectivity index (χ0n) is 13.8. The Hall–Kier alpha value is -0.120. The van der Waals surface area contributed by atoms with E-state index in [9.17, 15) is 0 Å². The Morgan fingerprint density at radius 3 is 2.65 bits per heavy atom. The summed E-state index contributed by atoms with van der Waals surface area (Å²) in [4.78, 5) is 2.68. The van der Waals surface area contributed by atoms with Crippen molar-refractivity contribution < 1.29 is 4.74 Å². The second-order valence-electron chi connectivity index (χ2n) is 7.45. The van der Waals surface area contributed by atoms with Crippen LogP contribution in [0.25, 0.3) is 0 Å². The van der Waals surface area contributed by atoms with E-state index >= 15 is 0 Å². The lowest BCUT2D eigenvalue weighted by Crippen LogP contribution is -2.47. The lowest BCUT2D eigenvalue weighted by atomic mass is 9.83. The summed E-state index contributed by atoms with van der Waals surface area (Å²) in [6.45, 7) is 14.7. The molecule has 3 heteroatoms. The molecule has 1 unspecified atom stereocenters. The van der Waals surface area contributed by atoms with Gasteiger partial charge in [-0.3, -0.25) is 0 Å². The molecule has 0 amide bonds. The van der Waals surface area contributed by atoms with Crippen LogP contribution in [0.5, 0.6) is 0 Å². The molecule has 0 aromatic carbocycles. The summed E-state index contributed by atoms with van der Waals surface area (Å²) in [6, 6.07) is 0. The third-order valence-corrected chi connectivity index (χ3v) is 4.98. The Bertz CT molecular complexity index is 270. The summed E-state index contributed by atoms with van der Waals surface area (Å²) in [7, 11) is 0. The predicted molar refractivity (Wildman–Crippen MR) is 85.0 cm³/mol. The molecular weight excluding hydrogens is 248 g/mol. The van der Waals surface area contributed by atoms with Crippen LogP contribution in [0, 0.1) is 17.3 Å². The maximum absolute atomic E-state index is 5.74. The van der Waals surface area contributed by atoms with Gasteiger partial charge in [-0.25, -0.2) is 0 Å². The minimum atomic E-state index is 0.356. The van der Waals surface area contributed by atoms with E-state index < -0.39 is 0 Å². The van der Waals surface area contributed by atoms with E-state index in [-0.39, 0.29) is 0 Å². The zero-order valence-corrected chi connectivity index (χ0v) is 13.8. The molecule has 2 rings (SSSR count).